The minimum Gasteiger partial charge on any atom is -0.352 e. The fourth-order valence-electron chi connectivity index (χ4n) is 2.10. The minimum atomic E-state index is -0.434. The van der Waals surface area contributed by atoms with Crippen LogP contribution < -0.4 is 16.0 Å². The molecule has 1 heterocycles. The molecular formula is C12H21N3O2. The summed E-state index contributed by atoms with van der Waals surface area (Å²) in [6, 6.07) is -0.0928. The Bertz CT molecular complexity index is 315. The van der Waals surface area contributed by atoms with Gasteiger partial charge < -0.3 is 16.0 Å². The molecule has 2 rings (SSSR count). The van der Waals surface area contributed by atoms with Crippen LogP contribution in [0.5, 0.6) is 0 Å². The molecule has 2 amide bonds. The van der Waals surface area contributed by atoms with E-state index in [1.54, 1.807) is 6.92 Å². The summed E-state index contributed by atoms with van der Waals surface area (Å²) >= 11 is 0. The molecule has 0 aromatic carbocycles. The van der Waals surface area contributed by atoms with Gasteiger partial charge in [0.1, 0.15) is 6.04 Å². The van der Waals surface area contributed by atoms with Crippen molar-refractivity contribution >= 4 is 11.8 Å². The lowest BCUT2D eigenvalue weighted by atomic mass is 9.97. The molecule has 2 aliphatic rings. The molecule has 1 saturated heterocycles. The third-order valence-corrected chi connectivity index (χ3v) is 3.53. The standard InChI is InChI=1S/C12H21N3O2/c1-7-5-13-6-10(7)12(17)14-8(2)11(16)15-9-3-4-9/h7-10,13H,3-6H2,1-2H3,(H,14,17)(H,15,16). The Hall–Kier alpha value is -1.10. The van der Waals surface area contributed by atoms with Gasteiger partial charge in [-0.1, -0.05) is 6.92 Å². The Morgan fingerprint density at radius 1 is 1.29 bits per heavy atom. The summed E-state index contributed by atoms with van der Waals surface area (Å²) in [5.74, 6) is 0.250. The van der Waals surface area contributed by atoms with Crippen LogP contribution in [-0.4, -0.2) is 37.0 Å². The van der Waals surface area contributed by atoms with Crippen LogP contribution in [-0.2, 0) is 9.59 Å². The van der Waals surface area contributed by atoms with E-state index in [0.29, 0.717) is 18.5 Å². The van der Waals surface area contributed by atoms with Crippen molar-refractivity contribution in [3.8, 4) is 0 Å². The van der Waals surface area contributed by atoms with Crippen molar-refractivity contribution < 1.29 is 9.59 Å². The molecule has 0 spiro atoms. The summed E-state index contributed by atoms with van der Waals surface area (Å²) in [5, 5.41) is 8.87. The van der Waals surface area contributed by atoms with Crippen LogP contribution in [0.25, 0.3) is 0 Å². The molecule has 5 nitrogen and oxygen atoms in total. The molecular weight excluding hydrogens is 218 g/mol. The first-order valence-electron chi connectivity index (χ1n) is 6.39. The normalized spacial score (nSPS) is 29.8. The van der Waals surface area contributed by atoms with Gasteiger partial charge in [0, 0.05) is 12.6 Å². The maximum atomic E-state index is 11.9. The summed E-state index contributed by atoms with van der Waals surface area (Å²) in [7, 11) is 0. The van der Waals surface area contributed by atoms with Crippen LogP contribution in [0.3, 0.4) is 0 Å². The Balaban J connectivity index is 1.78. The number of hydrogen-bond acceptors (Lipinski definition) is 3. The first-order valence-corrected chi connectivity index (χ1v) is 6.39. The highest BCUT2D eigenvalue weighted by atomic mass is 16.2. The number of hydrogen-bond donors (Lipinski definition) is 3. The molecule has 0 bridgehead atoms. The first kappa shape index (κ1) is 12.4. The summed E-state index contributed by atoms with van der Waals surface area (Å²) in [5.41, 5.74) is 0. The van der Waals surface area contributed by atoms with Crippen molar-refractivity contribution in [2.45, 2.75) is 38.8 Å². The Morgan fingerprint density at radius 3 is 2.53 bits per heavy atom. The van der Waals surface area contributed by atoms with E-state index in [2.05, 4.69) is 22.9 Å². The average molecular weight is 239 g/mol. The summed E-state index contributed by atoms with van der Waals surface area (Å²) in [6.45, 7) is 5.38. The summed E-state index contributed by atoms with van der Waals surface area (Å²) in [6.07, 6.45) is 2.13. The highest BCUT2D eigenvalue weighted by Crippen LogP contribution is 2.19. The molecule has 0 radical (unpaired) electrons. The van der Waals surface area contributed by atoms with Gasteiger partial charge >= 0.3 is 0 Å². The van der Waals surface area contributed by atoms with Gasteiger partial charge in [-0.05, 0) is 32.2 Å². The Labute approximate surface area is 102 Å². The monoisotopic (exact) mass is 239 g/mol. The van der Waals surface area contributed by atoms with E-state index in [-0.39, 0.29) is 17.7 Å². The van der Waals surface area contributed by atoms with Crippen molar-refractivity contribution in [2.75, 3.05) is 13.1 Å². The molecule has 1 aliphatic carbocycles. The third kappa shape index (κ3) is 3.19. The highest BCUT2D eigenvalue weighted by molar-refractivity contribution is 5.88. The van der Waals surface area contributed by atoms with Crippen molar-refractivity contribution in [1.82, 2.24) is 16.0 Å². The van der Waals surface area contributed by atoms with Gasteiger partial charge in [-0.25, -0.2) is 0 Å². The molecule has 0 aromatic rings. The molecule has 1 saturated carbocycles. The second-order valence-electron chi connectivity index (χ2n) is 5.26. The lowest BCUT2D eigenvalue weighted by Gasteiger charge is -2.18. The number of carbonyl (C=O) groups excluding carboxylic acids is 2. The average Bonchev–Trinajstić information content (AvgIpc) is 2.98. The first-order chi connectivity index (χ1) is 8.08. The van der Waals surface area contributed by atoms with E-state index >= 15 is 0 Å². The maximum absolute atomic E-state index is 11.9. The van der Waals surface area contributed by atoms with Crippen molar-refractivity contribution in [1.29, 1.82) is 0 Å². The van der Waals surface area contributed by atoms with E-state index in [1.165, 1.54) is 0 Å². The van der Waals surface area contributed by atoms with Crippen LogP contribution in [0.4, 0.5) is 0 Å². The number of rotatable bonds is 4. The van der Waals surface area contributed by atoms with Gasteiger partial charge in [0.05, 0.1) is 5.92 Å². The molecule has 3 unspecified atom stereocenters. The quantitative estimate of drug-likeness (QED) is 0.626. The van der Waals surface area contributed by atoms with E-state index in [4.69, 9.17) is 0 Å². The zero-order valence-electron chi connectivity index (χ0n) is 10.5. The molecule has 2 fully saturated rings. The molecule has 96 valence electrons. The maximum Gasteiger partial charge on any atom is 0.242 e. The van der Waals surface area contributed by atoms with E-state index in [1.807, 2.05) is 0 Å². The van der Waals surface area contributed by atoms with Crippen molar-refractivity contribution in [2.24, 2.45) is 11.8 Å². The van der Waals surface area contributed by atoms with Crippen molar-refractivity contribution in [3.05, 3.63) is 0 Å². The highest BCUT2D eigenvalue weighted by Gasteiger charge is 2.32. The van der Waals surface area contributed by atoms with E-state index in [0.717, 1.165) is 19.4 Å². The van der Waals surface area contributed by atoms with Crippen LogP contribution in [0.1, 0.15) is 26.7 Å². The lowest BCUT2D eigenvalue weighted by Crippen LogP contribution is -2.48. The van der Waals surface area contributed by atoms with Crippen LogP contribution in [0.2, 0.25) is 0 Å². The summed E-state index contributed by atoms with van der Waals surface area (Å²) in [4.78, 5) is 23.6. The molecule has 5 heteroatoms. The van der Waals surface area contributed by atoms with Crippen LogP contribution in [0.15, 0.2) is 0 Å². The molecule has 0 aromatic heterocycles. The van der Waals surface area contributed by atoms with Gasteiger partial charge in [-0.3, -0.25) is 9.59 Å². The number of nitrogens with one attached hydrogen (secondary N) is 3. The molecule has 3 N–H and O–H groups in total. The summed E-state index contributed by atoms with van der Waals surface area (Å²) < 4.78 is 0. The van der Waals surface area contributed by atoms with Crippen LogP contribution >= 0.6 is 0 Å². The number of amides is 2. The predicted octanol–water partition coefficient (Wildman–Crippen LogP) is -0.375. The van der Waals surface area contributed by atoms with Crippen LogP contribution in [0, 0.1) is 11.8 Å². The lowest BCUT2D eigenvalue weighted by molar-refractivity contribution is -0.131. The van der Waals surface area contributed by atoms with Gasteiger partial charge in [0.15, 0.2) is 0 Å². The zero-order valence-corrected chi connectivity index (χ0v) is 10.5. The largest absolute Gasteiger partial charge is 0.352 e. The fraction of sp³-hybridized carbons (Fsp3) is 0.833. The van der Waals surface area contributed by atoms with E-state index in [9.17, 15) is 9.59 Å². The topological polar surface area (TPSA) is 70.2 Å². The fourth-order valence-corrected chi connectivity index (χ4v) is 2.10. The molecule has 17 heavy (non-hydrogen) atoms. The second-order valence-corrected chi connectivity index (χ2v) is 5.26. The third-order valence-electron chi connectivity index (χ3n) is 3.53. The van der Waals surface area contributed by atoms with E-state index < -0.39 is 6.04 Å². The smallest absolute Gasteiger partial charge is 0.242 e. The minimum absolute atomic E-state index is 0.00817. The Kier molecular flexibility index (Phi) is 3.66. The van der Waals surface area contributed by atoms with Gasteiger partial charge in [-0.15, -0.1) is 0 Å². The van der Waals surface area contributed by atoms with Gasteiger partial charge in [0.2, 0.25) is 11.8 Å². The zero-order chi connectivity index (χ0) is 12.4. The second kappa shape index (κ2) is 5.04. The van der Waals surface area contributed by atoms with Gasteiger partial charge in [-0.2, -0.15) is 0 Å². The van der Waals surface area contributed by atoms with Gasteiger partial charge in [0.25, 0.3) is 0 Å². The SMILES string of the molecule is CC(NC(=O)C1CNCC1C)C(=O)NC1CC1. The number of carbonyl (C=O) groups is 2. The molecule has 3 atom stereocenters. The van der Waals surface area contributed by atoms with Crippen molar-refractivity contribution in [3.63, 3.8) is 0 Å². The molecule has 1 aliphatic heterocycles. The Morgan fingerprint density at radius 2 is 2.00 bits per heavy atom. The predicted molar refractivity (Wildman–Crippen MR) is 64.3 cm³/mol.